The summed E-state index contributed by atoms with van der Waals surface area (Å²) in [6.07, 6.45) is -0.983. The van der Waals surface area contributed by atoms with Gasteiger partial charge in [0.05, 0.1) is 17.7 Å². The van der Waals surface area contributed by atoms with E-state index in [2.05, 4.69) is 5.32 Å². The molecule has 0 heterocycles. The van der Waals surface area contributed by atoms with Crippen LogP contribution in [0.5, 0.6) is 0 Å². The number of anilines is 1. The molecule has 1 fully saturated rings. The van der Waals surface area contributed by atoms with E-state index in [4.69, 9.17) is 11.6 Å². The van der Waals surface area contributed by atoms with Gasteiger partial charge in [0, 0.05) is 10.7 Å². The van der Waals surface area contributed by atoms with Crippen molar-refractivity contribution in [3.8, 4) is 0 Å². The first kappa shape index (κ1) is 15.4. The molecule has 0 saturated heterocycles. The van der Waals surface area contributed by atoms with Gasteiger partial charge in [0.1, 0.15) is 0 Å². The maximum atomic E-state index is 13.0. The Morgan fingerprint density at radius 3 is 2.55 bits per heavy atom. The molecule has 0 bridgehead atoms. The van der Waals surface area contributed by atoms with Gasteiger partial charge in [-0.2, -0.15) is 13.2 Å². The summed E-state index contributed by atoms with van der Waals surface area (Å²) in [6.45, 7) is 0. The van der Waals surface area contributed by atoms with Gasteiger partial charge in [0.25, 0.3) is 0 Å². The molecule has 2 rings (SSSR count). The van der Waals surface area contributed by atoms with Crippen molar-refractivity contribution in [2.45, 2.75) is 50.4 Å². The lowest BCUT2D eigenvalue weighted by Crippen LogP contribution is -2.33. The lowest BCUT2D eigenvalue weighted by Gasteiger charge is -2.25. The first-order valence-corrected chi connectivity index (χ1v) is 7.07. The Morgan fingerprint density at radius 1 is 1.15 bits per heavy atom. The van der Waals surface area contributed by atoms with E-state index in [0.29, 0.717) is 12.8 Å². The highest BCUT2D eigenvalue weighted by Crippen LogP contribution is 2.37. The molecule has 20 heavy (non-hydrogen) atoms. The van der Waals surface area contributed by atoms with Gasteiger partial charge in [-0.05, 0) is 31.0 Å². The largest absolute Gasteiger partial charge is 0.418 e. The van der Waals surface area contributed by atoms with Gasteiger partial charge in [0.15, 0.2) is 0 Å². The lowest BCUT2D eigenvalue weighted by molar-refractivity contribution is -0.137. The molecule has 0 aromatic heterocycles. The molecule has 0 amide bonds. The van der Waals surface area contributed by atoms with E-state index in [9.17, 15) is 18.3 Å². The van der Waals surface area contributed by atoms with Crippen LogP contribution < -0.4 is 5.32 Å². The van der Waals surface area contributed by atoms with Crippen molar-refractivity contribution < 1.29 is 18.3 Å². The average Bonchev–Trinajstić information content (AvgIpc) is 2.56. The second-order valence-corrected chi connectivity index (χ2v) is 5.58. The molecule has 0 spiro atoms. The molecule has 1 saturated carbocycles. The van der Waals surface area contributed by atoms with Crippen LogP contribution in [0, 0.1) is 0 Å². The van der Waals surface area contributed by atoms with Gasteiger partial charge in [-0.15, -0.1) is 0 Å². The normalized spacial score (nSPS) is 24.2. The van der Waals surface area contributed by atoms with E-state index in [1.807, 2.05) is 0 Å². The zero-order chi connectivity index (χ0) is 14.8. The summed E-state index contributed by atoms with van der Waals surface area (Å²) in [5, 5.41) is 12.9. The van der Waals surface area contributed by atoms with Crippen molar-refractivity contribution in [1.29, 1.82) is 0 Å². The van der Waals surface area contributed by atoms with Crippen molar-refractivity contribution in [3.63, 3.8) is 0 Å². The topological polar surface area (TPSA) is 32.3 Å². The molecule has 1 aliphatic rings. The smallest absolute Gasteiger partial charge is 0.391 e. The molecular weight excluding hydrogens is 291 g/mol. The molecular formula is C14H17ClF3NO. The maximum absolute atomic E-state index is 13.0. The van der Waals surface area contributed by atoms with Crippen LogP contribution in [0.15, 0.2) is 18.2 Å². The number of nitrogens with one attached hydrogen (secondary N) is 1. The summed E-state index contributed by atoms with van der Waals surface area (Å²) < 4.78 is 39.0. The maximum Gasteiger partial charge on any atom is 0.418 e. The number of benzene rings is 1. The van der Waals surface area contributed by atoms with Crippen molar-refractivity contribution in [1.82, 2.24) is 0 Å². The molecule has 0 radical (unpaired) electrons. The van der Waals surface area contributed by atoms with Crippen LogP contribution in [-0.2, 0) is 6.18 Å². The van der Waals surface area contributed by atoms with Crippen molar-refractivity contribution >= 4 is 17.3 Å². The van der Waals surface area contributed by atoms with E-state index in [0.717, 1.165) is 25.3 Å². The first-order valence-electron chi connectivity index (χ1n) is 6.69. The number of rotatable bonds is 2. The van der Waals surface area contributed by atoms with E-state index >= 15 is 0 Å². The predicted molar refractivity (Wildman–Crippen MR) is 73.0 cm³/mol. The Morgan fingerprint density at radius 2 is 1.85 bits per heavy atom. The number of aliphatic hydroxyl groups excluding tert-OH is 1. The fraction of sp³-hybridized carbons (Fsp3) is 0.571. The van der Waals surface area contributed by atoms with Crippen LogP contribution in [0.1, 0.15) is 37.7 Å². The fourth-order valence-corrected chi connectivity index (χ4v) is 2.71. The molecule has 2 N–H and O–H groups in total. The molecule has 0 aliphatic heterocycles. The summed E-state index contributed by atoms with van der Waals surface area (Å²) >= 11 is 5.64. The van der Waals surface area contributed by atoms with Gasteiger partial charge in [-0.1, -0.05) is 30.9 Å². The summed E-state index contributed by atoms with van der Waals surface area (Å²) in [5.41, 5.74) is -0.811. The predicted octanol–water partition coefficient (Wildman–Crippen LogP) is 4.46. The van der Waals surface area contributed by atoms with Crippen molar-refractivity contribution in [2.24, 2.45) is 0 Å². The Bertz CT molecular complexity index is 464. The van der Waals surface area contributed by atoms with Crippen LogP contribution >= 0.6 is 11.6 Å². The second kappa shape index (κ2) is 6.22. The number of hydrogen-bond donors (Lipinski definition) is 2. The Balaban J connectivity index is 2.24. The van der Waals surface area contributed by atoms with Crippen LogP contribution in [0.3, 0.4) is 0 Å². The SMILES string of the molecule is OC1CCCCCC1Nc1ccc(Cl)cc1C(F)(F)F. The molecule has 1 aromatic rings. The van der Waals surface area contributed by atoms with Gasteiger partial charge < -0.3 is 10.4 Å². The Kier molecular flexibility index (Phi) is 4.81. The zero-order valence-corrected chi connectivity index (χ0v) is 11.6. The molecule has 2 unspecified atom stereocenters. The third-order valence-electron chi connectivity index (χ3n) is 3.61. The summed E-state index contributed by atoms with van der Waals surface area (Å²) in [4.78, 5) is 0. The van der Waals surface area contributed by atoms with E-state index < -0.39 is 17.8 Å². The quantitative estimate of drug-likeness (QED) is 0.790. The number of halogens is 4. The Hall–Kier alpha value is -0.940. The van der Waals surface area contributed by atoms with Crippen LogP contribution in [0.4, 0.5) is 18.9 Å². The standard InChI is InChI=1S/C14H17ClF3NO/c15-9-6-7-11(10(8-9)14(16,17)18)19-12-4-2-1-3-5-13(12)20/h6-8,12-13,19-20H,1-5H2. The van der Waals surface area contributed by atoms with Crippen molar-refractivity contribution in [2.75, 3.05) is 5.32 Å². The molecule has 1 aliphatic carbocycles. The molecule has 1 aromatic carbocycles. The number of aliphatic hydroxyl groups is 1. The monoisotopic (exact) mass is 307 g/mol. The molecule has 2 nitrogen and oxygen atoms in total. The fourth-order valence-electron chi connectivity index (χ4n) is 2.53. The van der Waals surface area contributed by atoms with Gasteiger partial charge in [0.2, 0.25) is 0 Å². The van der Waals surface area contributed by atoms with E-state index in [-0.39, 0.29) is 16.8 Å². The minimum absolute atomic E-state index is 0.0205. The van der Waals surface area contributed by atoms with E-state index in [1.165, 1.54) is 12.1 Å². The lowest BCUT2D eigenvalue weighted by atomic mass is 10.0. The van der Waals surface area contributed by atoms with Gasteiger partial charge in [-0.25, -0.2) is 0 Å². The Labute approximate surface area is 120 Å². The summed E-state index contributed by atoms with van der Waals surface area (Å²) in [6, 6.07) is 3.30. The van der Waals surface area contributed by atoms with Crippen LogP contribution in [0.25, 0.3) is 0 Å². The third-order valence-corrected chi connectivity index (χ3v) is 3.84. The number of alkyl halides is 3. The van der Waals surface area contributed by atoms with E-state index in [1.54, 1.807) is 0 Å². The van der Waals surface area contributed by atoms with Crippen LogP contribution in [0.2, 0.25) is 5.02 Å². The minimum atomic E-state index is -4.47. The highest BCUT2D eigenvalue weighted by atomic mass is 35.5. The van der Waals surface area contributed by atoms with Gasteiger partial charge >= 0.3 is 6.18 Å². The molecule has 6 heteroatoms. The molecule has 112 valence electrons. The first-order chi connectivity index (χ1) is 9.38. The van der Waals surface area contributed by atoms with Crippen LogP contribution in [-0.4, -0.2) is 17.3 Å². The second-order valence-electron chi connectivity index (χ2n) is 5.14. The van der Waals surface area contributed by atoms with Crippen molar-refractivity contribution in [3.05, 3.63) is 28.8 Å². The minimum Gasteiger partial charge on any atom is -0.391 e. The zero-order valence-electron chi connectivity index (χ0n) is 10.9. The highest BCUT2D eigenvalue weighted by molar-refractivity contribution is 6.30. The third kappa shape index (κ3) is 3.79. The highest BCUT2D eigenvalue weighted by Gasteiger charge is 2.35. The van der Waals surface area contributed by atoms with Gasteiger partial charge in [-0.3, -0.25) is 0 Å². The summed E-state index contributed by atoms with van der Waals surface area (Å²) in [5.74, 6) is 0. The summed E-state index contributed by atoms with van der Waals surface area (Å²) in [7, 11) is 0. The number of hydrogen-bond acceptors (Lipinski definition) is 2. The average molecular weight is 308 g/mol. The molecule has 2 atom stereocenters.